The maximum atomic E-state index is 11.7. The molecular formula is C15H21NO5. The Morgan fingerprint density at radius 2 is 1.76 bits per heavy atom. The van der Waals surface area contributed by atoms with Gasteiger partial charge in [0.05, 0.1) is 25.8 Å². The Morgan fingerprint density at radius 1 is 1.14 bits per heavy atom. The van der Waals surface area contributed by atoms with Crippen LogP contribution in [0.4, 0.5) is 0 Å². The van der Waals surface area contributed by atoms with Crippen molar-refractivity contribution in [1.82, 2.24) is 5.32 Å². The molecule has 1 rings (SSSR count). The van der Waals surface area contributed by atoms with E-state index in [1.54, 1.807) is 38.1 Å². The van der Waals surface area contributed by atoms with Crippen LogP contribution in [0.25, 0.3) is 0 Å². The average Bonchev–Trinajstić information content (AvgIpc) is 2.49. The van der Waals surface area contributed by atoms with E-state index < -0.39 is 24.1 Å². The molecule has 0 saturated carbocycles. The molecule has 0 fully saturated rings. The number of benzene rings is 1. The lowest BCUT2D eigenvalue weighted by molar-refractivity contribution is -0.155. The van der Waals surface area contributed by atoms with Gasteiger partial charge in [-0.2, -0.15) is 0 Å². The van der Waals surface area contributed by atoms with E-state index in [9.17, 15) is 14.7 Å². The number of nitrogens with one attached hydrogen (secondary N) is 1. The minimum Gasteiger partial charge on any atom is -0.465 e. The van der Waals surface area contributed by atoms with Gasteiger partial charge in [-0.25, -0.2) is 4.79 Å². The summed E-state index contributed by atoms with van der Waals surface area (Å²) in [6.45, 7) is 3.71. The summed E-state index contributed by atoms with van der Waals surface area (Å²) in [5, 5.41) is 12.9. The second-order valence-electron chi connectivity index (χ2n) is 4.27. The number of hydrogen-bond donors (Lipinski definition) is 2. The summed E-state index contributed by atoms with van der Waals surface area (Å²) in [4.78, 5) is 23.1. The first-order chi connectivity index (χ1) is 10.1. The molecule has 0 aliphatic rings. The SMILES string of the molecule is CCOC(=O)CN[C@H](c1ccccc1)[C@@H](O)C(=O)OCC. The highest BCUT2D eigenvalue weighted by Crippen LogP contribution is 2.17. The van der Waals surface area contributed by atoms with Gasteiger partial charge in [0.15, 0.2) is 6.10 Å². The molecular weight excluding hydrogens is 274 g/mol. The Kier molecular flexibility index (Phi) is 7.42. The Morgan fingerprint density at radius 3 is 2.33 bits per heavy atom. The highest BCUT2D eigenvalue weighted by Gasteiger charge is 2.29. The molecule has 0 aliphatic heterocycles. The maximum Gasteiger partial charge on any atom is 0.336 e. The molecule has 0 spiro atoms. The molecule has 2 N–H and O–H groups in total. The first-order valence-electron chi connectivity index (χ1n) is 6.88. The van der Waals surface area contributed by atoms with Crippen LogP contribution in [0.1, 0.15) is 25.5 Å². The highest BCUT2D eigenvalue weighted by atomic mass is 16.5. The first-order valence-corrected chi connectivity index (χ1v) is 6.88. The van der Waals surface area contributed by atoms with E-state index in [1.807, 2.05) is 6.07 Å². The quantitative estimate of drug-likeness (QED) is 0.690. The van der Waals surface area contributed by atoms with Crippen molar-refractivity contribution >= 4 is 11.9 Å². The Bertz CT molecular complexity index is 449. The fourth-order valence-electron chi connectivity index (χ4n) is 1.84. The smallest absolute Gasteiger partial charge is 0.336 e. The summed E-state index contributed by atoms with van der Waals surface area (Å²) in [6.07, 6.45) is -1.40. The second-order valence-corrected chi connectivity index (χ2v) is 4.27. The van der Waals surface area contributed by atoms with Crippen molar-refractivity contribution in [3.63, 3.8) is 0 Å². The van der Waals surface area contributed by atoms with Crippen LogP contribution < -0.4 is 5.32 Å². The number of rotatable bonds is 8. The lowest BCUT2D eigenvalue weighted by Gasteiger charge is -2.23. The molecule has 116 valence electrons. The van der Waals surface area contributed by atoms with Crippen molar-refractivity contribution < 1.29 is 24.2 Å². The Labute approximate surface area is 124 Å². The predicted octanol–water partition coefficient (Wildman–Crippen LogP) is 0.804. The van der Waals surface area contributed by atoms with Crippen LogP contribution >= 0.6 is 0 Å². The predicted molar refractivity (Wildman–Crippen MR) is 76.5 cm³/mol. The molecule has 0 heterocycles. The van der Waals surface area contributed by atoms with Crippen LogP contribution in [-0.2, 0) is 19.1 Å². The van der Waals surface area contributed by atoms with Gasteiger partial charge in [-0.1, -0.05) is 30.3 Å². The number of ether oxygens (including phenoxy) is 2. The fourth-order valence-corrected chi connectivity index (χ4v) is 1.84. The molecule has 0 aromatic heterocycles. The first kappa shape index (κ1) is 17.1. The van der Waals surface area contributed by atoms with E-state index in [4.69, 9.17) is 9.47 Å². The molecule has 0 aliphatic carbocycles. The highest BCUT2D eigenvalue weighted by molar-refractivity contribution is 5.76. The summed E-state index contributed by atoms with van der Waals surface area (Å²) in [7, 11) is 0. The van der Waals surface area contributed by atoms with E-state index in [-0.39, 0.29) is 19.8 Å². The minimum absolute atomic E-state index is 0.107. The average molecular weight is 295 g/mol. The molecule has 21 heavy (non-hydrogen) atoms. The summed E-state index contributed by atoms with van der Waals surface area (Å²) < 4.78 is 9.63. The molecule has 6 nitrogen and oxygen atoms in total. The van der Waals surface area contributed by atoms with Crippen molar-refractivity contribution in [3.05, 3.63) is 35.9 Å². The van der Waals surface area contributed by atoms with E-state index in [0.29, 0.717) is 5.56 Å². The van der Waals surface area contributed by atoms with Gasteiger partial charge < -0.3 is 14.6 Å². The second kappa shape index (κ2) is 9.10. The van der Waals surface area contributed by atoms with Gasteiger partial charge in [0.2, 0.25) is 0 Å². The third-order valence-electron chi connectivity index (χ3n) is 2.77. The molecule has 0 saturated heterocycles. The Balaban J connectivity index is 2.80. The zero-order chi connectivity index (χ0) is 15.7. The minimum atomic E-state index is -1.40. The molecule has 0 bridgehead atoms. The summed E-state index contributed by atoms with van der Waals surface area (Å²) in [5.41, 5.74) is 0.683. The summed E-state index contributed by atoms with van der Waals surface area (Å²) in [6, 6.07) is 8.16. The van der Waals surface area contributed by atoms with Crippen LogP contribution in [0.15, 0.2) is 30.3 Å². The molecule has 0 unspecified atom stereocenters. The van der Waals surface area contributed by atoms with Crippen LogP contribution in [0.3, 0.4) is 0 Å². The zero-order valence-corrected chi connectivity index (χ0v) is 12.2. The van der Waals surface area contributed by atoms with E-state index >= 15 is 0 Å². The van der Waals surface area contributed by atoms with Crippen molar-refractivity contribution in [1.29, 1.82) is 0 Å². The summed E-state index contributed by atoms with van der Waals surface area (Å²) in [5.74, 6) is -1.18. The van der Waals surface area contributed by atoms with Crippen LogP contribution in [0, 0.1) is 0 Å². The molecule has 1 aromatic rings. The van der Waals surface area contributed by atoms with Gasteiger partial charge in [0.25, 0.3) is 0 Å². The number of esters is 2. The standard InChI is InChI=1S/C15H21NO5/c1-3-20-12(17)10-16-13(11-8-6-5-7-9-11)14(18)15(19)21-4-2/h5-9,13-14,16,18H,3-4,10H2,1-2H3/t13-,14-/m1/s1. The maximum absolute atomic E-state index is 11.7. The van der Waals surface area contributed by atoms with Crippen molar-refractivity contribution in [2.24, 2.45) is 0 Å². The molecule has 2 atom stereocenters. The number of carbonyl (C=O) groups excluding carboxylic acids is 2. The van der Waals surface area contributed by atoms with E-state index in [2.05, 4.69) is 5.32 Å². The number of aliphatic hydroxyl groups is 1. The Hall–Kier alpha value is -1.92. The van der Waals surface area contributed by atoms with Crippen LogP contribution in [0.5, 0.6) is 0 Å². The zero-order valence-electron chi connectivity index (χ0n) is 12.2. The van der Waals surface area contributed by atoms with Gasteiger partial charge in [0.1, 0.15) is 0 Å². The van der Waals surface area contributed by atoms with Crippen LogP contribution in [-0.4, -0.2) is 42.9 Å². The third-order valence-corrected chi connectivity index (χ3v) is 2.77. The van der Waals surface area contributed by atoms with Crippen molar-refractivity contribution in [2.75, 3.05) is 19.8 Å². The molecule has 6 heteroatoms. The van der Waals surface area contributed by atoms with Crippen LogP contribution in [0.2, 0.25) is 0 Å². The van der Waals surface area contributed by atoms with Crippen molar-refractivity contribution in [3.8, 4) is 0 Å². The van der Waals surface area contributed by atoms with Gasteiger partial charge in [-0.05, 0) is 19.4 Å². The molecule has 1 aromatic carbocycles. The van der Waals surface area contributed by atoms with E-state index in [0.717, 1.165) is 0 Å². The van der Waals surface area contributed by atoms with Gasteiger partial charge in [0, 0.05) is 0 Å². The summed E-state index contributed by atoms with van der Waals surface area (Å²) >= 11 is 0. The third kappa shape index (κ3) is 5.53. The normalized spacial score (nSPS) is 13.3. The molecule has 0 amide bonds. The van der Waals surface area contributed by atoms with Crippen molar-refractivity contribution in [2.45, 2.75) is 26.0 Å². The lowest BCUT2D eigenvalue weighted by atomic mass is 10.0. The number of hydrogen-bond acceptors (Lipinski definition) is 6. The van der Waals surface area contributed by atoms with Gasteiger partial charge in [-0.15, -0.1) is 0 Å². The molecule has 0 radical (unpaired) electrons. The number of aliphatic hydroxyl groups excluding tert-OH is 1. The number of carbonyl (C=O) groups is 2. The monoisotopic (exact) mass is 295 g/mol. The fraction of sp³-hybridized carbons (Fsp3) is 0.467. The topological polar surface area (TPSA) is 84.9 Å². The van der Waals surface area contributed by atoms with E-state index in [1.165, 1.54) is 0 Å². The van der Waals surface area contributed by atoms with Gasteiger partial charge >= 0.3 is 11.9 Å². The largest absolute Gasteiger partial charge is 0.465 e. The lowest BCUT2D eigenvalue weighted by Crippen LogP contribution is -2.40. The van der Waals surface area contributed by atoms with Gasteiger partial charge in [-0.3, -0.25) is 10.1 Å².